The molecule has 0 spiro atoms. The van der Waals surface area contributed by atoms with Crippen LogP contribution in [-0.2, 0) is 0 Å². The van der Waals surface area contributed by atoms with Gasteiger partial charge in [0.2, 0.25) is 0 Å². The number of aromatic nitrogens is 1. The number of fused-ring (bicyclic) bond motifs is 1. The molecule has 2 aromatic carbocycles. The van der Waals surface area contributed by atoms with Gasteiger partial charge in [0.1, 0.15) is 0 Å². The fraction of sp³-hybridized carbons (Fsp3) is 0.333. The first kappa shape index (κ1) is 19.2. The van der Waals surface area contributed by atoms with Gasteiger partial charge in [0.15, 0.2) is 5.13 Å². The van der Waals surface area contributed by atoms with Gasteiger partial charge in [-0.2, -0.15) is 0 Å². The van der Waals surface area contributed by atoms with Crippen molar-refractivity contribution in [3.63, 3.8) is 0 Å². The van der Waals surface area contributed by atoms with Gasteiger partial charge in [-0.1, -0.05) is 35.1 Å². The number of anilines is 1. The lowest BCUT2D eigenvalue weighted by atomic mass is 10.2. The van der Waals surface area contributed by atoms with E-state index in [1.165, 1.54) is 10.3 Å². The summed E-state index contributed by atoms with van der Waals surface area (Å²) < 4.78 is 1.25. The average molecular weight is 415 g/mol. The summed E-state index contributed by atoms with van der Waals surface area (Å²) in [6.07, 6.45) is 0. The van der Waals surface area contributed by atoms with Crippen LogP contribution in [0.4, 0.5) is 5.13 Å². The van der Waals surface area contributed by atoms with E-state index in [4.69, 9.17) is 16.6 Å². The van der Waals surface area contributed by atoms with Crippen molar-refractivity contribution in [3.05, 3.63) is 58.6 Å². The van der Waals surface area contributed by atoms with Crippen LogP contribution in [0.3, 0.4) is 0 Å². The molecule has 3 aromatic rings. The summed E-state index contributed by atoms with van der Waals surface area (Å²) in [5, 5.41) is 4.66. The van der Waals surface area contributed by atoms with E-state index < -0.39 is 0 Å². The van der Waals surface area contributed by atoms with E-state index in [-0.39, 0.29) is 5.91 Å². The standard InChI is InChI=1S/C21H23ClN4OS/c1-15-5-6-18-19(13-15)28-21(24-18)26-11-9-25(10-12-26)8-7-23-20(27)16-3-2-4-17(22)14-16/h2-6,13-14H,7-12H2,1H3,(H,23,27). The molecule has 1 aliphatic rings. The van der Waals surface area contributed by atoms with Gasteiger partial charge in [-0.15, -0.1) is 0 Å². The molecule has 2 heterocycles. The SMILES string of the molecule is Cc1ccc2nc(N3CCN(CCNC(=O)c4cccc(Cl)c4)CC3)sc2c1. The van der Waals surface area contributed by atoms with Crippen LogP contribution in [0.15, 0.2) is 42.5 Å². The van der Waals surface area contributed by atoms with Crippen molar-refractivity contribution in [2.75, 3.05) is 44.2 Å². The summed E-state index contributed by atoms with van der Waals surface area (Å²) in [6, 6.07) is 13.4. The summed E-state index contributed by atoms with van der Waals surface area (Å²) in [5.41, 5.74) is 2.95. The molecule has 0 aliphatic carbocycles. The number of amides is 1. The van der Waals surface area contributed by atoms with Gasteiger partial charge in [-0.25, -0.2) is 4.98 Å². The lowest BCUT2D eigenvalue weighted by Gasteiger charge is -2.34. The molecule has 4 rings (SSSR count). The zero-order chi connectivity index (χ0) is 19.5. The number of hydrogen-bond donors (Lipinski definition) is 1. The molecule has 0 unspecified atom stereocenters. The molecular formula is C21H23ClN4OS. The molecule has 1 amide bonds. The highest BCUT2D eigenvalue weighted by atomic mass is 35.5. The number of piperazine rings is 1. The van der Waals surface area contributed by atoms with Crippen LogP contribution < -0.4 is 10.2 Å². The maximum atomic E-state index is 12.2. The zero-order valence-corrected chi connectivity index (χ0v) is 17.4. The van der Waals surface area contributed by atoms with Crippen LogP contribution in [-0.4, -0.2) is 55.1 Å². The Balaban J connectivity index is 1.25. The van der Waals surface area contributed by atoms with Crippen molar-refractivity contribution in [1.82, 2.24) is 15.2 Å². The topological polar surface area (TPSA) is 48.5 Å². The summed E-state index contributed by atoms with van der Waals surface area (Å²) >= 11 is 7.71. The molecule has 1 aliphatic heterocycles. The third kappa shape index (κ3) is 4.46. The van der Waals surface area contributed by atoms with Crippen molar-refractivity contribution >= 4 is 44.2 Å². The van der Waals surface area contributed by atoms with Crippen molar-refractivity contribution in [2.45, 2.75) is 6.92 Å². The lowest BCUT2D eigenvalue weighted by molar-refractivity contribution is 0.0948. The molecule has 7 heteroatoms. The minimum absolute atomic E-state index is 0.0779. The molecule has 1 saturated heterocycles. The van der Waals surface area contributed by atoms with E-state index in [0.29, 0.717) is 17.1 Å². The second kappa shape index (κ2) is 8.47. The number of hydrogen-bond acceptors (Lipinski definition) is 5. The van der Waals surface area contributed by atoms with Crippen LogP contribution in [0.5, 0.6) is 0 Å². The maximum absolute atomic E-state index is 12.2. The molecule has 1 aromatic heterocycles. The second-order valence-electron chi connectivity index (χ2n) is 7.06. The molecule has 28 heavy (non-hydrogen) atoms. The Bertz CT molecular complexity index is 981. The predicted molar refractivity (Wildman–Crippen MR) is 117 cm³/mol. The molecule has 146 valence electrons. The maximum Gasteiger partial charge on any atom is 0.251 e. The van der Waals surface area contributed by atoms with E-state index in [1.54, 1.807) is 35.6 Å². The van der Waals surface area contributed by atoms with Crippen LogP contribution >= 0.6 is 22.9 Å². The first-order valence-corrected chi connectivity index (χ1v) is 10.7. The van der Waals surface area contributed by atoms with E-state index >= 15 is 0 Å². The Labute approximate surface area is 173 Å². The molecule has 0 atom stereocenters. The fourth-order valence-corrected chi connectivity index (χ4v) is 4.68. The van der Waals surface area contributed by atoms with Crippen LogP contribution in [0.25, 0.3) is 10.2 Å². The van der Waals surface area contributed by atoms with E-state index in [2.05, 4.69) is 40.2 Å². The molecule has 1 fully saturated rings. The zero-order valence-electron chi connectivity index (χ0n) is 15.8. The molecule has 1 N–H and O–H groups in total. The summed E-state index contributed by atoms with van der Waals surface area (Å²) in [5.74, 6) is -0.0779. The van der Waals surface area contributed by atoms with Crippen LogP contribution in [0, 0.1) is 6.92 Å². The highest BCUT2D eigenvalue weighted by molar-refractivity contribution is 7.22. The number of rotatable bonds is 5. The lowest BCUT2D eigenvalue weighted by Crippen LogP contribution is -2.48. The molecule has 5 nitrogen and oxygen atoms in total. The van der Waals surface area contributed by atoms with E-state index in [0.717, 1.165) is 43.4 Å². The molecule has 0 bridgehead atoms. The summed E-state index contributed by atoms with van der Waals surface area (Å²) in [4.78, 5) is 21.7. The first-order chi connectivity index (χ1) is 13.6. The van der Waals surface area contributed by atoms with E-state index in [1.807, 2.05) is 0 Å². The van der Waals surface area contributed by atoms with Gasteiger partial charge in [-0.3, -0.25) is 9.69 Å². The number of halogens is 1. The predicted octanol–water partition coefficient (Wildman–Crippen LogP) is 3.81. The normalized spacial score (nSPS) is 15.1. The number of carbonyl (C=O) groups is 1. The third-order valence-corrected chi connectivity index (χ3v) is 6.29. The van der Waals surface area contributed by atoms with Crippen LogP contribution in [0.1, 0.15) is 15.9 Å². The third-order valence-electron chi connectivity index (χ3n) is 4.98. The number of carbonyl (C=O) groups excluding carboxylic acids is 1. The number of thiazole rings is 1. The summed E-state index contributed by atoms with van der Waals surface area (Å²) in [6.45, 7) is 7.46. The quantitative estimate of drug-likeness (QED) is 0.689. The van der Waals surface area contributed by atoms with Crippen molar-refractivity contribution in [3.8, 4) is 0 Å². The van der Waals surface area contributed by atoms with Gasteiger partial charge < -0.3 is 10.2 Å². The van der Waals surface area contributed by atoms with Crippen LogP contribution in [0.2, 0.25) is 5.02 Å². The van der Waals surface area contributed by atoms with Gasteiger partial charge in [0.05, 0.1) is 10.2 Å². The number of nitrogens with one attached hydrogen (secondary N) is 1. The largest absolute Gasteiger partial charge is 0.351 e. The Morgan fingerprint density at radius 3 is 2.79 bits per heavy atom. The fourth-order valence-electron chi connectivity index (χ4n) is 3.38. The number of nitrogens with zero attached hydrogens (tertiary/aromatic N) is 3. The first-order valence-electron chi connectivity index (χ1n) is 9.47. The van der Waals surface area contributed by atoms with Crippen molar-refractivity contribution in [2.24, 2.45) is 0 Å². The molecule has 0 saturated carbocycles. The van der Waals surface area contributed by atoms with Crippen molar-refractivity contribution in [1.29, 1.82) is 0 Å². The monoisotopic (exact) mass is 414 g/mol. The Kier molecular flexibility index (Phi) is 5.80. The Morgan fingerprint density at radius 2 is 2.00 bits per heavy atom. The van der Waals surface area contributed by atoms with Crippen molar-refractivity contribution < 1.29 is 4.79 Å². The number of benzene rings is 2. The van der Waals surface area contributed by atoms with Gasteiger partial charge in [-0.05, 0) is 42.8 Å². The number of aryl methyl sites for hydroxylation is 1. The molecular weight excluding hydrogens is 392 g/mol. The average Bonchev–Trinajstić information content (AvgIpc) is 3.11. The Morgan fingerprint density at radius 1 is 1.18 bits per heavy atom. The van der Waals surface area contributed by atoms with Gasteiger partial charge >= 0.3 is 0 Å². The highest BCUT2D eigenvalue weighted by Crippen LogP contribution is 2.29. The van der Waals surface area contributed by atoms with Gasteiger partial charge in [0, 0.05) is 49.9 Å². The summed E-state index contributed by atoms with van der Waals surface area (Å²) in [7, 11) is 0. The highest BCUT2D eigenvalue weighted by Gasteiger charge is 2.19. The van der Waals surface area contributed by atoms with E-state index in [9.17, 15) is 4.79 Å². The Hall–Kier alpha value is -2.15. The second-order valence-corrected chi connectivity index (χ2v) is 8.51. The van der Waals surface area contributed by atoms with Gasteiger partial charge in [0.25, 0.3) is 5.91 Å². The molecule has 0 radical (unpaired) electrons. The smallest absolute Gasteiger partial charge is 0.251 e. The minimum Gasteiger partial charge on any atom is -0.351 e. The minimum atomic E-state index is -0.0779.